The van der Waals surface area contributed by atoms with Crippen LogP contribution in [0.1, 0.15) is 74.7 Å². The number of benzene rings is 1. The standard InChI is InChI=1S/C26H36N4O2/c1-3-5-11-21(4-2)25(31)29-22-12-13-24(30-15-7-6-8-16-30)23(17-22)26(32)28-19-20-10-9-14-27-18-20/h9-10,12-14,17-18,21H,3-8,11,15-16,19H2,1-2H3,(H,28,32)(H,29,31). The number of nitrogens with one attached hydrogen (secondary N) is 2. The zero-order chi connectivity index (χ0) is 22.8. The summed E-state index contributed by atoms with van der Waals surface area (Å²) in [6.45, 7) is 6.50. The van der Waals surface area contributed by atoms with E-state index in [-0.39, 0.29) is 17.7 Å². The minimum Gasteiger partial charge on any atom is -0.371 e. The predicted molar refractivity (Wildman–Crippen MR) is 130 cm³/mol. The van der Waals surface area contributed by atoms with Crippen molar-refractivity contribution < 1.29 is 9.59 Å². The number of rotatable bonds is 10. The molecule has 3 rings (SSSR count). The second-order valence-corrected chi connectivity index (χ2v) is 8.56. The Hall–Kier alpha value is -2.89. The Kier molecular flexibility index (Phi) is 9.08. The van der Waals surface area contributed by atoms with Crippen LogP contribution in [0.2, 0.25) is 0 Å². The number of unbranched alkanes of at least 4 members (excludes halogenated alkanes) is 1. The number of aromatic nitrogens is 1. The maximum atomic E-state index is 13.2. The maximum Gasteiger partial charge on any atom is 0.253 e. The summed E-state index contributed by atoms with van der Waals surface area (Å²) in [7, 11) is 0. The molecule has 0 saturated carbocycles. The molecule has 2 amide bonds. The Bertz CT molecular complexity index is 879. The van der Waals surface area contributed by atoms with Crippen LogP contribution in [-0.4, -0.2) is 29.9 Å². The summed E-state index contributed by atoms with van der Waals surface area (Å²) in [4.78, 5) is 32.4. The fraction of sp³-hybridized carbons (Fsp3) is 0.500. The maximum absolute atomic E-state index is 13.2. The molecule has 0 radical (unpaired) electrons. The topological polar surface area (TPSA) is 74.3 Å². The van der Waals surface area contributed by atoms with Gasteiger partial charge >= 0.3 is 0 Å². The molecular formula is C26H36N4O2. The molecule has 0 aliphatic carbocycles. The molecule has 172 valence electrons. The average molecular weight is 437 g/mol. The van der Waals surface area contributed by atoms with E-state index in [9.17, 15) is 9.59 Å². The smallest absolute Gasteiger partial charge is 0.253 e. The summed E-state index contributed by atoms with van der Waals surface area (Å²) in [5.41, 5.74) is 3.17. The van der Waals surface area contributed by atoms with Gasteiger partial charge in [0.15, 0.2) is 0 Å². The van der Waals surface area contributed by atoms with Crippen LogP contribution in [0.25, 0.3) is 0 Å². The summed E-state index contributed by atoms with van der Waals surface area (Å²) in [5.74, 6) is -0.100. The van der Waals surface area contributed by atoms with E-state index in [1.165, 1.54) is 6.42 Å². The van der Waals surface area contributed by atoms with Crippen molar-refractivity contribution in [3.63, 3.8) is 0 Å². The minimum absolute atomic E-state index is 0.000391. The number of hydrogen-bond acceptors (Lipinski definition) is 4. The van der Waals surface area contributed by atoms with E-state index in [1.54, 1.807) is 12.4 Å². The quantitative estimate of drug-likeness (QED) is 0.540. The number of nitrogens with zero attached hydrogens (tertiary/aromatic N) is 2. The summed E-state index contributed by atoms with van der Waals surface area (Å²) in [6.07, 6.45) is 10.8. The molecular weight excluding hydrogens is 400 g/mol. The lowest BCUT2D eigenvalue weighted by molar-refractivity contribution is -0.120. The monoisotopic (exact) mass is 436 g/mol. The first-order valence-corrected chi connectivity index (χ1v) is 12.0. The van der Waals surface area contributed by atoms with Gasteiger partial charge in [-0.15, -0.1) is 0 Å². The van der Waals surface area contributed by atoms with Crippen molar-refractivity contribution in [3.8, 4) is 0 Å². The Labute approximate surface area is 191 Å². The molecule has 2 aromatic rings. The lowest BCUT2D eigenvalue weighted by atomic mass is 9.98. The van der Waals surface area contributed by atoms with Crippen LogP contribution in [0.3, 0.4) is 0 Å². The van der Waals surface area contributed by atoms with E-state index in [2.05, 4.69) is 34.4 Å². The number of carbonyl (C=O) groups excluding carboxylic acids is 2. The molecule has 1 saturated heterocycles. The Morgan fingerprint density at radius 3 is 2.62 bits per heavy atom. The van der Waals surface area contributed by atoms with Crippen molar-refractivity contribution in [3.05, 3.63) is 53.9 Å². The van der Waals surface area contributed by atoms with Crippen molar-refractivity contribution in [1.82, 2.24) is 10.3 Å². The molecule has 1 atom stereocenters. The lowest BCUT2D eigenvalue weighted by Crippen LogP contribution is -2.33. The van der Waals surface area contributed by atoms with Crippen LogP contribution in [0.15, 0.2) is 42.7 Å². The van der Waals surface area contributed by atoms with Crippen LogP contribution in [0, 0.1) is 5.92 Å². The van der Waals surface area contributed by atoms with E-state index < -0.39 is 0 Å². The van der Waals surface area contributed by atoms with Crippen LogP contribution in [0.5, 0.6) is 0 Å². The minimum atomic E-state index is -0.136. The van der Waals surface area contributed by atoms with E-state index >= 15 is 0 Å². The zero-order valence-corrected chi connectivity index (χ0v) is 19.4. The Morgan fingerprint density at radius 2 is 1.94 bits per heavy atom. The number of amides is 2. The molecule has 1 aliphatic rings. The summed E-state index contributed by atoms with van der Waals surface area (Å²) in [6, 6.07) is 9.53. The Morgan fingerprint density at radius 1 is 1.12 bits per heavy atom. The molecule has 32 heavy (non-hydrogen) atoms. The number of piperidine rings is 1. The van der Waals surface area contributed by atoms with Gasteiger partial charge < -0.3 is 15.5 Å². The third-order valence-corrected chi connectivity index (χ3v) is 6.15. The molecule has 2 heterocycles. The van der Waals surface area contributed by atoms with Crippen molar-refractivity contribution in [2.24, 2.45) is 5.92 Å². The molecule has 6 nitrogen and oxygen atoms in total. The first-order valence-electron chi connectivity index (χ1n) is 12.0. The number of anilines is 2. The molecule has 0 bridgehead atoms. The van der Waals surface area contributed by atoms with Crippen molar-refractivity contribution >= 4 is 23.2 Å². The van der Waals surface area contributed by atoms with Gasteiger partial charge in [-0.25, -0.2) is 0 Å². The van der Waals surface area contributed by atoms with Crippen LogP contribution >= 0.6 is 0 Å². The second-order valence-electron chi connectivity index (χ2n) is 8.56. The third kappa shape index (κ3) is 6.55. The fourth-order valence-electron chi connectivity index (χ4n) is 4.20. The lowest BCUT2D eigenvalue weighted by Gasteiger charge is -2.30. The number of hydrogen-bond donors (Lipinski definition) is 2. The van der Waals surface area contributed by atoms with Gasteiger partial charge in [0.1, 0.15) is 0 Å². The first kappa shape index (κ1) is 23.8. The average Bonchev–Trinajstić information content (AvgIpc) is 2.84. The van der Waals surface area contributed by atoms with E-state index in [0.717, 1.165) is 62.9 Å². The van der Waals surface area contributed by atoms with Gasteiger partial charge in [0.05, 0.1) is 5.56 Å². The van der Waals surface area contributed by atoms with E-state index in [0.29, 0.717) is 17.8 Å². The van der Waals surface area contributed by atoms with Gasteiger partial charge in [0.2, 0.25) is 5.91 Å². The van der Waals surface area contributed by atoms with Gasteiger partial charge in [-0.1, -0.05) is 32.8 Å². The highest BCUT2D eigenvalue weighted by molar-refractivity contribution is 6.02. The molecule has 2 N–H and O–H groups in total. The molecule has 0 spiro atoms. The highest BCUT2D eigenvalue weighted by atomic mass is 16.2. The molecule has 1 fully saturated rings. The summed E-state index contributed by atoms with van der Waals surface area (Å²) >= 11 is 0. The van der Waals surface area contributed by atoms with Gasteiger partial charge in [-0.3, -0.25) is 14.6 Å². The van der Waals surface area contributed by atoms with Gasteiger partial charge in [0, 0.05) is 49.3 Å². The Balaban J connectivity index is 1.79. The molecule has 1 aromatic heterocycles. The highest BCUT2D eigenvalue weighted by Crippen LogP contribution is 2.28. The van der Waals surface area contributed by atoms with Gasteiger partial charge in [-0.05, 0) is 61.9 Å². The molecule has 1 unspecified atom stereocenters. The van der Waals surface area contributed by atoms with Crippen LogP contribution in [-0.2, 0) is 11.3 Å². The second kappa shape index (κ2) is 12.2. The number of pyridine rings is 1. The fourth-order valence-corrected chi connectivity index (χ4v) is 4.20. The molecule has 1 aliphatic heterocycles. The third-order valence-electron chi connectivity index (χ3n) is 6.15. The highest BCUT2D eigenvalue weighted by Gasteiger charge is 2.21. The van der Waals surface area contributed by atoms with E-state index in [4.69, 9.17) is 0 Å². The van der Waals surface area contributed by atoms with Crippen molar-refractivity contribution in [2.45, 2.75) is 65.3 Å². The normalized spacial score (nSPS) is 14.6. The largest absolute Gasteiger partial charge is 0.371 e. The van der Waals surface area contributed by atoms with Crippen LogP contribution in [0.4, 0.5) is 11.4 Å². The first-order chi connectivity index (χ1) is 15.6. The van der Waals surface area contributed by atoms with Crippen molar-refractivity contribution in [2.75, 3.05) is 23.3 Å². The predicted octanol–water partition coefficient (Wildman–Crippen LogP) is 5.16. The zero-order valence-electron chi connectivity index (χ0n) is 19.4. The molecule has 6 heteroatoms. The van der Waals surface area contributed by atoms with Crippen molar-refractivity contribution in [1.29, 1.82) is 0 Å². The summed E-state index contributed by atoms with van der Waals surface area (Å²) in [5, 5.41) is 6.07. The van der Waals surface area contributed by atoms with E-state index in [1.807, 2.05) is 30.3 Å². The van der Waals surface area contributed by atoms with Gasteiger partial charge in [-0.2, -0.15) is 0 Å². The summed E-state index contributed by atoms with van der Waals surface area (Å²) < 4.78 is 0. The SMILES string of the molecule is CCCCC(CC)C(=O)Nc1ccc(N2CCCCC2)c(C(=O)NCc2cccnc2)c1. The van der Waals surface area contributed by atoms with Gasteiger partial charge in [0.25, 0.3) is 5.91 Å². The number of carbonyl (C=O) groups is 2. The molecule has 1 aromatic carbocycles. The van der Waals surface area contributed by atoms with Crippen LogP contribution < -0.4 is 15.5 Å².